The maximum Gasteiger partial charge on any atom is 0.257 e. The number of hydrogen-bond donors (Lipinski definition) is 0. The van der Waals surface area contributed by atoms with Gasteiger partial charge in [-0.2, -0.15) is 0 Å². The number of piperazine rings is 1. The van der Waals surface area contributed by atoms with Crippen molar-refractivity contribution in [3.8, 4) is 10.8 Å². The summed E-state index contributed by atoms with van der Waals surface area (Å²) in [6, 6.07) is 6.11. The summed E-state index contributed by atoms with van der Waals surface area (Å²) in [4.78, 5) is 5.79. The second-order valence-corrected chi connectivity index (χ2v) is 7.29. The van der Waals surface area contributed by atoms with Crippen LogP contribution in [0.25, 0.3) is 10.8 Å². The molecule has 1 aliphatic rings. The van der Waals surface area contributed by atoms with Crippen LogP contribution in [0, 0.1) is 6.92 Å². The SMILES string of the molecule is Cc1cc(CN2CCN(C(C)c3nnc(-c4cccs4)o3)CC2)no1. The van der Waals surface area contributed by atoms with Gasteiger partial charge in [0.25, 0.3) is 5.89 Å². The number of hydrogen-bond acceptors (Lipinski definition) is 8. The van der Waals surface area contributed by atoms with Gasteiger partial charge in [0, 0.05) is 38.8 Å². The van der Waals surface area contributed by atoms with Crippen LogP contribution in [0.1, 0.15) is 30.3 Å². The van der Waals surface area contributed by atoms with Crippen LogP contribution in [0.15, 0.2) is 32.5 Å². The highest BCUT2D eigenvalue weighted by Crippen LogP contribution is 2.27. The smallest absolute Gasteiger partial charge is 0.257 e. The molecule has 0 N–H and O–H groups in total. The Morgan fingerprint density at radius 2 is 2.08 bits per heavy atom. The molecular formula is C17H21N5O2S. The van der Waals surface area contributed by atoms with Crippen molar-refractivity contribution < 1.29 is 8.94 Å². The Morgan fingerprint density at radius 1 is 1.24 bits per heavy atom. The van der Waals surface area contributed by atoms with E-state index in [0.717, 1.165) is 49.1 Å². The molecule has 4 heterocycles. The van der Waals surface area contributed by atoms with Gasteiger partial charge in [-0.05, 0) is 25.3 Å². The van der Waals surface area contributed by atoms with Crippen LogP contribution >= 0.6 is 11.3 Å². The van der Waals surface area contributed by atoms with E-state index in [-0.39, 0.29) is 6.04 Å². The molecule has 3 aromatic heterocycles. The molecule has 1 aliphatic heterocycles. The average molecular weight is 359 g/mol. The molecule has 132 valence electrons. The minimum atomic E-state index is 0.123. The van der Waals surface area contributed by atoms with Crippen molar-refractivity contribution in [3.63, 3.8) is 0 Å². The van der Waals surface area contributed by atoms with E-state index in [1.54, 1.807) is 11.3 Å². The van der Waals surface area contributed by atoms with E-state index in [4.69, 9.17) is 8.94 Å². The third-order valence-corrected chi connectivity index (χ3v) is 5.40. The van der Waals surface area contributed by atoms with Crippen LogP contribution in [0.3, 0.4) is 0 Å². The molecule has 0 bridgehead atoms. The molecule has 4 rings (SSSR count). The van der Waals surface area contributed by atoms with Gasteiger partial charge in [-0.25, -0.2) is 0 Å². The first-order chi connectivity index (χ1) is 12.2. The molecule has 0 amide bonds. The molecule has 1 unspecified atom stereocenters. The first-order valence-electron chi connectivity index (χ1n) is 8.45. The summed E-state index contributed by atoms with van der Waals surface area (Å²) in [5, 5.41) is 14.5. The predicted octanol–water partition coefficient (Wildman–Crippen LogP) is 2.97. The van der Waals surface area contributed by atoms with Crippen molar-refractivity contribution in [1.82, 2.24) is 25.2 Å². The summed E-state index contributed by atoms with van der Waals surface area (Å²) in [7, 11) is 0. The van der Waals surface area contributed by atoms with E-state index in [0.29, 0.717) is 11.8 Å². The Bertz CT molecular complexity index is 805. The van der Waals surface area contributed by atoms with E-state index < -0.39 is 0 Å². The van der Waals surface area contributed by atoms with Crippen LogP contribution in [0.4, 0.5) is 0 Å². The largest absolute Gasteiger partial charge is 0.418 e. The monoisotopic (exact) mass is 359 g/mol. The van der Waals surface area contributed by atoms with Crippen LogP contribution < -0.4 is 0 Å². The van der Waals surface area contributed by atoms with Crippen LogP contribution in [-0.2, 0) is 6.54 Å². The number of aryl methyl sites for hydroxylation is 1. The standard InChI is InChI=1S/C17H21N5O2S/c1-12-10-14(20-24-12)11-21-5-7-22(8-6-21)13(2)16-18-19-17(23-16)15-4-3-9-25-15/h3-4,9-10,13H,5-8,11H2,1-2H3. The summed E-state index contributed by atoms with van der Waals surface area (Å²) in [6.45, 7) is 8.80. The molecule has 8 heteroatoms. The molecule has 3 aromatic rings. The van der Waals surface area contributed by atoms with Crippen molar-refractivity contribution in [2.45, 2.75) is 26.4 Å². The lowest BCUT2D eigenvalue weighted by Crippen LogP contribution is -2.46. The predicted molar refractivity (Wildman–Crippen MR) is 94.1 cm³/mol. The van der Waals surface area contributed by atoms with Gasteiger partial charge in [-0.3, -0.25) is 9.80 Å². The van der Waals surface area contributed by atoms with E-state index in [1.807, 2.05) is 30.5 Å². The van der Waals surface area contributed by atoms with Crippen LogP contribution in [0.2, 0.25) is 0 Å². The van der Waals surface area contributed by atoms with Gasteiger partial charge in [-0.1, -0.05) is 11.2 Å². The summed E-state index contributed by atoms with van der Waals surface area (Å²) in [6.07, 6.45) is 0. The number of rotatable bonds is 5. The van der Waals surface area contributed by atoms with Crippen molar-refractivity contribution >= 4 is 11.3 Å². The zero-order valence-corrected chi connectivity index (χ0v) is 15.2. The number of nitrogens with zero attached hydrogens (tertiary/aromatic N) is 5. The van der Waals surface area contributed by atoms with Crippen molar-refractivity contribution in [2.24, 2.45) is 0 Å². The Kier molecular flexibility index (Phi) is 4.65. The third-order valence-electron chi connectivity index (χ3n) is 4.55. The van der Waals surface area contributed by atoms with Crippen molar-refractivity contribution in [1.29, 1.82) is 0 Å². The zero-order valence-electron chi connectivity index (χ0n) is 14.4. The van der Waals surface area contributed by atoms with Gasteiger partial charge in [0.2, 0.25) is 5.89 Å². The van der Waals surface area contributed by atoms with Crippen LogP contribution in [0.5, 0.6) is 0 Å². The highest BCUT2D eigenvalue weighted by Gasteiger charge is 2.26. The fourth-order valence-electron chi connectivity index (χ4n) is 3.09. The maximum absolute atomic E-state index is 5.88. The van der Waals surface area contributed by atoms with Crippen molar-refractivity contribution in [3.05, 3.63) is 40.9 Å². The molecule has 1 saturated heterocycles. The zero-order chi connectivity index (χ0) is 17.2. The Morgan fingerprint density at radius 3 is 2.76 bits per heavy atom. The molecule has 0 aliphatic carbocycles. The minimum Gasteiger partial charge on any atom is -0.418 e. The highest BCUT2D eigenvalue weighted by atomic mass is 32.1. The average Bonchev–Trinajstić information content (AvgIpc) is 3.36. The lowest BCUT2D eigenvalue weighted by atomic mass is 10.2. The first kappa shape index (κ1) is 16.4. The van der Waals surface area contributed by atoms with Gasteiger partial charge < -0.3 is 8.94 Å². The van der Waals surface area contributed by atoms with E-state index in [9.17, 15) is 0 Å². The summed E-state index contributed by atoms with van der Waals surface area (Å²) >= 11 is 1.61. The van der Waals surface area contributed by atoms with E-state index in [2.05, 4.69) is 32.1 Å². The second-order valence-electron chi connectivity index (χ2n) is 6.34. The minimum absolute atomic E-state index is 0.123. The fraction of sp³-hybridized carbons (Fsp3) is 0.471. The molecule has 0 radical (unpaired) electrons. The molecule has 0 aromatic carbocycles. The summed E-state index contributed by atoms with van der Waals surface area (Å²) in [5.41, 5.74) is 0.997. The van der Waals surface area contributed by atoms with Gasteiger partial charge in [0.15, 0.2) is 0 Å². The number of aromatic nitrogens is 3. The Balaban J connectivity index is 1.34. The lowest BCUT2D eigenvalue weighted by Gasteiger charge is -2.36. The van der Waals surface area contributed by atoms with E-state index in [1.165, 1.54) is 0 Å². The normalized spacial score (nSPS) is 17.8. The van der Waals surface area contributed by atoms with Gasteiger partial charge in [0.1, 0.15) is 5.76 Å². The van der Waals surface area contributed by atoms with Crippen LogP contribution in [-0.4, -0.2) is 51.3 Å². The molecule has 7 nitrogen and oxygen atoms in total. The summed E-state index contributed by atoms with van der Waals surface area (Å²) in [5.74, 6) is 2.15. The van der Waals surface area contributed by atoms with Gasteiger partial charge in [0.05, 0.1) is 16.6 Å². The number of thiophene rings is 1. The van der Waals surface area contributed by atoms with Gasteiger partial charge in [-0.15, -0.1) is 21.5 Å². The molecule has 0 spiro atoms. The molecule has 25 heavy (non-hydrogen) atoms. The van der Waals surface area contributed by atoms with Crippen molar-refractivity contribution in [2.75, 3.05) is 26.2 Å². The van der Waals surface area contributed by atoms with Gasteiger partial charge >= 0.3 is 0 Å². The fourth-order valence-corrected chi connectivity index (χ4v) is 3.73. The van der Waals surface area contributed by atoms with E-state index >= 15 is 0 Å². The topological polar surface area (TPSA) is 71.4 Å². The highest BCUT2D eigenvalue weighted by molar-refractivity contribution is 7.13. The molecule has 1 atom stereocenters. The second kappa shape index (κ2) is 7.07. The third kappa shape index (κ3) is 3.65. The quantitative estimate of drug-likeness (QED) is 0.693. The lowest BCUT2D eigenvalue weighted by molar-refractivity contribution is 0.0863. The molecule has 1 fully saturated rings. The Hall–Kier alpha value is -2.03. The summed E-state index contributed by atoms with van der Waals surface area (Å²) < 4.78 is 11.0. The molecular weight excluding hydrogens is 338 g/mol. The molecule has 0 saturated carbocycles. The Labute approximate surface area is 150 Å². The first-order valence-corrected chi connectivity index (χ1v) is 9.33. The maximum atomic E-state index is 5.88.